The van der Waals surface area contributed by atoms with Gasteiger partial charge in [0, 0.05) is 17.1 Å². The topological polar surface area (TPSA) is 57.5 Å². The minimum Gasteiger partial charge on any atom is -0.478 e. The molecule has 0 heterocycles. The first kappa shape index (κ1) is 15.7. The first-order valence-corrected chi connectivity index (χ1v) is 6.94. The number of hydrogen-bond acceptors (Lipinski definition) is 3. The van der Waals surface area contributed by atoms with Crippen molar-refractivity contribution in [3.8, 4) is 0 Å². The number of benzene rings is 1. The maximum atomic E-state index is 13.2. The first-order valence-electron chi connectivity index (χ1n) is 5.89. The Bertz CT molecular complexity index is 472. The number of aliphatic carboxylic acids is 1. The molecule has 0 aliphatic rings. The molecule has 0 saturated carbocycles. The van der Waals surface area contributed by atoms with E-state index in [0.29, 0.717) is 11.3 Å². The van der Waals surface area contributed by atoms with Crippen LogP contribution in [0.15, 0.2) is 24.3 Å². The molecule has 0 fully saturated rings. The van der Waals surface area contributed by atoms with E-state index in [1.807, 2.05) is 6.92 Å². The Labute approximate surface area is 116 Å². The van der Waals surface area contributed by atoms with Crippen molar-refractivity contribution in [2.45, 2.75) is 31.0 Å². The second-order valence-corrected chi connectivity index (χ2v) is 5.64. The number of carboxylic acid groups (broad SMARTS) is 1. The van der Waals surface area contributed by atoms with Crippen LogP contribution in [0.4, 0.5) is 4.39 Å². The summed E-state index contributed by atoms with van der Waals surface area (Å²) in [6.45, 7) is 3.62. The van der Waals surface area contributed by atoms with E-state index in [0.717, 1.165) is 11.6 Å². The molecule has 0 bridgehead atoms. The smallest absolute Gasteiger partial charge is 0.328 e. The summed E-state index contributed by atoms with van der Waals surface area (Å²) in [5.74, 6) is -0.881. The number of halogens is 1. The van der Waals surface area contributed by atoms with Crippen LogP contribution in [0.3, 0.4) is 0 Å². The van der Waals surface area contributed by atoms with E-state index in [-0.39, 0.29) is 5.25 Å². The second kappa shape index (κ2) is 7.31. The van der Waals surface area contributed by atoms with Crippen molar-refractivity contribution in [1.29, 1.82) is 0 Å². The molecule has 0 aromatic heterocycles. The number of carboxylic acids is 1. The summed E-state index contributed by atoms with van der Waals surface area (Å²) in [5.41, 5.74) is 1.39. The Morgan fingerprint density at radius 2 is 2.16 bits per heavy atom. The van der Waals surface area contributed by atoms with Crippen molar-refractivity contribution in [2.75, 3.05) is 0 Å². The molecule has 2 atom stereocenters. The van der Waals surface area contributed by atoms with Crippen LogP contribution in [0.2, 0.25) is 0 Å². The summed E-state index contributed by atoms with van der Waals surface area (Å²) in [6.07, 6.45) is 1.94. The fourth-order valence-corrected chi connectivity index (χ4v) is 2.36. The second-order valence-electron chi connectivity index (χ2n) is 4.27. The average molecular weight is 284 g/mol. The van der Waals surface area contributed by atoms with E-state index in [4.69, 9.17) is 5.11 Å². The van der Waals surface area contributed by atoms with Crippen LogP contribution in [0.5, 0.6) is 0 Å². The summed E-state index contributed by atoms with van der Waals surface area (Å²) in [5, 5.41) is 18.1. The molecule has 0 aliphatic carbocycles. The molecular formula is C14H17FO3S. The van der Waals surface area contributed by atoms with Crippen molar-refractivity contribution in [1.82, 2.24) is 0 Å². The van der Waals surface area contributed by atoms with Gasteiger partial charge in [0.25, 0.3) is 0 Å². The van der Waals surface area contributed by atoms with Gasteiger partial charge >= 0.3 is 5.97 Å². The third-order valence-corrected chi connectivity index (χ3v) is 4.09. The molecule has 0 saturated heterocycles. The Balaban J connectivity index is 2.85. The maximum absolute atomic E-state index is 13.2. The van der Waals surface area contributed by atoms with Crippen LogP contribution in [0.25, 0.3) is 6.08 Å². The van der Waals surface area contributed by atoms with Crippen molar-refractivity contribution >= 4 is 23.8 Å². The molecule has 1 aromatic rings. The SMILES string of the molecule is CC(O)C(C)SCc1ccc(F)cc1/C=C/C(=O)O. The monoisotopic (exact) mass is 284 g/mol. The normalized spacial score (nSPS) is 14.5. The lowest BCUT2D eigenvalue weighted by atomic mass is 10.1. The highest BCUT2D eigenvalue weighted by Crippen LogP contribution is 2.23. The Morgan fingerprint density at radius 1 is 1.47 bits per heavy atom. The molecule has 0 aliphatic heterocycles. The molecule has 2 N–H and O–H groups in total. The molecule has 104 valence electrons. The molecule has 0 spiro atoms. The van der Waals surface area contributed by atoms with Gasteiger partial charge in [0.15, 0.2) is 0 Å². The predicted molar refractivity (Wildman–Crippen MR) is 75.5 cm³/mol. The highest BCUT2D eigenvalue weighted by atomic mass is 32.2. The minimum absolute atomic E-state index is 0.0568. The zero-order chi connectivity index (χ0) is 14.4. The molecule has 19 heavy (non-hydrogen) atoms. The Morgan fingerprint density at radius 3 is 2.74 bits per heavy atom. The first-order chi connectivity index (χ1) is 8.90. The molecular weight excluding hydrogens is 267 g/mol. The maximum Gasteiger partial charge on any atom is 0.328 e. The van der Waals surface area contributed by atoms with Crippen molar-refractivity contribution in [3.63, 3.8) is 0 Å². The summed E-state index contributed by atoms with van der Waals surface area (Å²) in [4.78, 5) is 10.5. The van der Waals surface area contributed by atoms with Gasteiger partial charge in [0.05, 0.1) is 6.10 Å². The lowest BCUT2D eigenvalue weighted by Crippen LogP contribution is -2.15. The number of thioether (sulfide) groups is 1. The third kappa shape index (κ3) is 5.44. The van der Waals surface area contributed by atoms with Crippen LogP contribution in [0.1, 0.15) is 25.0 Å². The summed E-state index contributed by atoms with van der Waals surface area (Å²) in [7, 11) is 0. The van der Waals surface area contributed by atoms with Crippen LogP contribution in [-0.2, 0) is 10.5 Å². The molecule has 0 radical (unpaired) electrons. The van der Waals surface area contributed by atoms with Crippen molar-refractivity contribution < 1.29 is 19.4 Å². The fourth-order valence-electron chi connectivity index (χ4n) is 1.37. The number of aliphatic hydroxyl groups is 1. The molecule has 3 nitrogen and oxygen atoms in total. The van der Waals surface area contributed by atoms with E-state index >= 15 is 0 Å². The molecule has 0 amide bonds. The van der Waals surface area contributed by atoms with Gasteiger partial charge in [-0.3, -0.25) is 0 Å². The van der Waals surface area contributed by atoms with Gasteiger partial charge in [-0.05, 0) is 36.3 Å². The average Bonchev–Trinajstić information content (AvgIpc) is 2.34. The lowest BCUT2D eigenvalue weighted by molar-refractivity contribution is -0.131. The van der Waals surface area contributed by atoms with E-state index < -0.39 is 17.9 Å². The Hall–Kier alpha value is -1.33. The molecule has 1 aromatic carbocycles. The third-order valence-electron chi connectivity index (χ3n) is 2.69. The molecule has 2 unspecified atom stereocenters. The largest absolute Gasteiger partial charge is 0.478 e. The van der Waals surface area contributed by atoms with Crippen molar-refractivity contribution in [2.24, 2.45) is 0 Å². The summed E-state index contributed by atoms with van der Waals surface area (Å²) >= 11 is 1.54. The standard InChI is InChI=1S/C14H17FO3S/c1-9(16)10(2)19-8-12-3-5-13(15)7-11(12)4-6-14(17)18/h3-7,9-10,16H,8H2,1-2H3,(H,17,18)/b6-4+. The van der Waals surface area contributed by atoms with Crippen molar-refractivity contribution in [3.05, 3.63) is 41.2 Å². The van der Waals surface area contributed by atoms with Crippen LogP contribution in [0, 0.1) is 5.82 Å². The highest BCUT2D eigenvalue weighted by molar-refractivity contribution is 7.99. The van der Waals surface area contributed by atoms with Gasteiger partial charge in [-0.2, -0.15) is 11.8 Å². The van der Waals surface area contributed by atoms with Gasteiger partial charge < -0.3 is 10.2 Å². The number of hydrogen-bond donors (Lipinski definition) is 2. The Kier molecular flexibility index (Phi) is 6.05. The van der Waals surface area contributed by atoms with Gasteiger partial charge in [-0.15, -0.1) is 0 Å². The van der Waals surface area contributed by atoms with E-state index in [9.17, 15) is 14.3 Å². The van der Waals surface area contributed by atoms with E-state index in [1.54, 1.807) is 13.0 Å². The van der Waals surface area contributed by atoms with Crippen LogP contribution >= 0.6 is 11.8 Å². The van der Waals surface area contributed by atoms with E-state index in [2.05, 4.69) is 0 Å². The molecule has 1 rings (SSSR count). The van der Waals surface area contributed by atoms with Gasteiger partial charge in [-0.1, -0.05) is 13.0 Å². The van der Waals surface area contributed by atoms with Crippen LogP contribution in [-0.4, -0.2) is 27.5 Å². The number of rotatable bonds is 6. The molecule has 5 heteroatoms. The van der Waals surface area contributed by atoms with Crippen LogP contribution < -0.4 is 0 Å². The quantitative estimate of drug-likeness (QED) is 0.789. The number of carbonyl (C=O) groups is 1. The van der Waals surface area contributed by atoms with E-state index in [1.165, 1.54) is 30.0 Å². The highest BCUT2D eigenvalue weighted by Gasteiger charge is 2.10. The summed E-state index contributed by atoms with van der Waals surface area (Å²) in [6, 6.07) is 4.29. The van der Waals surface area contributed by atoms with Gasteiger partial charge in [0.1, 0.15) is 5.82 Å². The predicted octanol–water partition coefficient (Wildman–Crippen LogP) is 2.93. The zero-order valence-electron chi connectivity index (χ0n) is 10.8. The minimum atomic E-state index is -1.07. The zero-order valence-corrected chi connectivity index (χ0v) is 11.7. The fraction of sp³-hybridized carbons (Fsp3) is 0.357. The summed E-state index contributed by atoms with van der Waals surface area (Å²) < 4.78 is 13.2. The van der Waals surface area contributed by atoms with Gasteiger partial charge in [0.2, 0.25) is 0 Å². The number of aliphatic hydroxyl groups excluding tert-OH is 1. The van der Waals surface area contributed by atoms with Gasteiger partial charge in [-0.25, -0.2) is 9.18 Å². The lowest BCUT2D eigenvalue weighted by Gasteiger charge is -2.15.